The predicted molar refractivity (Wildman–Crippen MR) is 114 cm³/mol. The van der Waals surface area contributed by atoms with Crippen LogP contribution in [0.4, 0.5) is 10.5 Å². The normalized spacial score (nSPS) is 22.2. The second kappa shape index (κ2) is 7.58. The summed E-state index contributed by atoms with van der Waals surface area (Å²) in [7, 11) is 0. The van der Waals surface area contributed by atoms with Gasteiger partial charge in [-0.3, -0.25) is 19.7 Å². The lowest BCUT2D eigenvalue weighted by Gasteiger charge is -2.36. The lowest BCUT2D eigenvalue weighted by Crippen LogP contribution is -2.61. The Morgan fingerprint density at radius 1 is 1.21 bits per heavy atom. The van der Waals surface area contributed by atoms with Crippen LogP contribution in [0.5, 0.6) is 5.75 Å². The van der Waals surface area contributed by atoms with Gasteiger partial charge in [-0.25, -0.2) is 4.79 Å². The third-order valence-corrected chi connectivity index (χ3v) is 5.84. The fourth-order valence-corrected chi connectivity index (χ4v) is 4.51. The van der Waals surface area contributed by atoms with Gasteiger partial charge in [0, 0.05) is 18.6 Å². The van der Waals surface area contributed by atoms with Crippen molar-refractivity contribution in [2.45, 2.75) is 44.9 Å². The van der Waals surface area contributed by atoms with E-state index < -0.39 is 39.8 Å². The minimum Gasteiger partial charge on any atom is -0.445 e. The first kappa shape index (κ1) is 22.3. The Balaban J connectivity index is 2.07. The maximum atomic E-state index is 14.0. The van der Waals surface area contributed by atoms with Crippen LogP contribution < -0.4 is 10.1 Å². The molecule has 2 aromatic rings. The highest BCUT2D eigenvalue weighted by atomic mass is 16.8. The molecule has 0 spiro atoms. The van der Waals surface area contributed by atoms with Crippen LogP contribution in [0.3, 0.4) is 0 Å². The smallest absolute Gasteiger partial charge is 0.445 e. The molecule has 0 bridgehead atoms. The fourth-order valence-electron chi connectivity index (χ4n) is 4.51. The maximum Gasteiger partial charge on any atom is 0.511 e. The van der Waals surface area contributed by atoms with Gasteiger partial charge in [0.25, 0.3) is 5.69 Å². The van der Waals surface area contributed by atoms with Crippen LogP contribution in [0.1, 0.15) is 60.7 Å². The zero-order valence-corrected chi connectivity index (χ0v) is 18.5. The van der Waals surface area contributed by atoms with Crippen LogP contribution in [0.2, 0.25) is 0 Å². The molecule has 0 saturated heterocycles. The quantitative estimate of drug-likeness (QED) is 0.411. The summed E-state index contributed by atoms with van der Waals surface area (Å²) >= 11 is 0. The van der Waals surface area contributed by atoms with Crippen molar-refractivity contribution in [1.82, 2.24) is 5.32 Å². The molecule has 2 unspecified atom stereocenters. The molecule has 1 aliphatic carbocycles. The number of rotatable bonds is 5. The lowest BCUT2D eigenvalue weighted by molar-refractivity contribution is -0.385. The molecular formula is C23H22N2O8. The minimum atomic E-state index is -2.23. The topological polar surface area (TPSA) is 134 Å². The molecule has 33 heavy (non-hydrogen) atoms. The molecule has 10 heteroatoms. The molecule has 0 aromatic heterocycles. The predicted octanol–water partition coefficient (Wildman–Crippen LogP) is 3.66. The lowest BCUT2D eigenvalue weighted by atomic mass is 9.82. The molecule has 2 aliphatic rings. The summed E-state index contributed by atoms with van der Waals surface area (Å²) in [6.07, 6.45) is -1.16. The van der Waals surface area contributed by atoms with Gasteiger partial charge in [0.05, 0.1) is 17.1 Å². The van der Waals surface area contributed by atoms with Crippen molar-refractivity contribution in [2.75, 3.05) is 6.61 Å². The maximum absolute atomic E-state index is 14.0. The first-order chi connectivity index (χ1) is 15.6. The Morgan fingerprint density at radius 2 is 1.94 bits per heavy atom. The van der Waals surface area contributed by atoms with Gasteiger partial charge in [-0.2, -0.15) is 0 Å². The van der Waals surface area contributed by atoms with Gasteiger partial charge in [0.1, 0.15) is 11.3 Å². The summed E-state index contributed by atoms with van der Waals surface area (Å²) in [4.78, 5) is 49.9. The Kier molecular flexibility index (Phi) is 5.11. The van der Waals surface area contributed by atoms with Crippen molar-refractivity contribution in [2.24, 2.45) is 0 Å². The van der Waals surface area contributed by atoms with E-state index in [2.05, 4.69) is 5.32 Å². The number of nitrogens with one attached hydrogen (secondary N) is 1. The average Bonchev–Trinajstić information content (AvgIpc) is 3.11. The van der Waals surface area contributed by atoms with Gasteiger partial charge in [-0.15, -0.1) is 0 Å². The molecule has 1 amide bonds. The van der Waals surface area contributed by atoms with Crippen molar-refractivity contribution >= 4 is 23.5 Å². The van der Waals surface area contributed by atoms with Crippen LogP contribution >= 0.6 is 0 Å². The number of nitro groups is 1. The first-order valence-electron chi connectivity index (χ1n) is 10.4. The number of ketones is 1. The number of nitro benzene ring substituents is 1. The monoisotopic (exact) mass is 454 g/mol. The molecule has 0 radical (unpaired) electrons. The van der Waals surface area contributed by atoms with E-state index in [4.69, 9.17) is 14.2 Å². The SMILES string of the molecule is CCOC(=O)OC12Oc3cc(C(C)C)ccc3C1(NC(C)=O)C(=O)c1c([N+](=O)[O-])cccc12. The Hall–Kier alpha value is -3.95. The highest BCUT2D eigenvalue weighted by molar-refractivity contribution is 6.14. The number of benzene rings is 2. The van der Waals surface area contributed by atoms with E-state index >= 15 is 0 Å². The van der Waals surface area contributed by atoms with E-state index in [-0.39, 0.29) is 35.0 Å². The van der Waals surface area contributed by atoms with Crippen LogP contribution in [-0.4, -0.2) is 29.4 Å². The minimum absolute atomic E-state index is 0.0256. The second-order valence-corrected chi connectivity index (χ2v) is 8.13. The zero-order valence-electron chi connectivity index (χ0n) is 18.5. The first-order valence-corrected chi connectivity index (χ1v) is 10.4. The molecule has 2 atom stereocenters. The van der Waals surface area contributed by atoms with Crippen molar-refractivity contribution in [1.29, 1.82) is 0 Å². The number of amides is 1. The number of carbonyl (C=O) groups is 3. The van der Waals surface area contributed by atoms with Gasteiger partial charge >= 0.3 is 11.9 Å². The standard InChI is InChI=1S/C23H22N2O8/c1-5-31-21(28)33-23-16-7-6-8-17(25(29)30)19(16)20(27)22(23,24-13(4)26)15-10-9-14(12(2)3)11-18(15)32-23/h6-12H,5H2,1-4H3,(H,24,26). The third-order valence-electron chi connectivity index (χ3n) is 5.84. The van der Waals surface area contributed by atoms with Crippen LogP contribution in [0.15, 0.2) is 36.4 Å². The summed E-state index contributed by atoms with van der Waals surface area (Å²) in [6.45, 7) is 6.67. The van der Waals surface area contributed by atoms with Crippen LogP contribution in [0.25, 0.3) is 0 Å². The fraction of sp³-hybridized carbons (Fsp3) is 0.348. The Labute approximate surface area is 189 Å². The molecule has 2 aromatic carbocycles. The van der Waals surface area contributed by atoms with Crippen LogP contribution in [-0.2, 0) is 25.6 Å². The summed E-state index contributed by atoms with van der Waals surface area (Å²) in [6, 6.07) is 8.99. The molecule has 1 aliphatic heterocycles. The highest BCUT2D eigenvalue weighted by Gasteiger charge is 2.76. The molecular weight excluding hydrogens is 432 g/mol. The average molecular weight is 454 g/mol. The number of nitrogens with zero attached hydrogens (tertiary/aromatic N) is 1. The highest BCUT2D eigenvalue weighted by Crippen LogP contribution is 2.61. The molecule has 172 valence electrons. The largest absolute Gasteiger partial charge is 0.511 e. The molecule has 4 rings (SSSR count). The summed E-state index contributed by atoms with van der Waals surface area (Å²) in [5, 5.41) is 14.3. The third kappa shape index (κ3) is 2.97. The number of carbonyl (C=O) groups excluding carboxylic acids is 3. The summed E-state index contributed by atoms with van der Waals surface area (Å²) < 4.78 is 16.8. The van der Waals surface area contributed by atoms with Gasteiger partial charge in [0.15, 0.2) is 0 Å². The van der Waals surface area contributed by atoms with E-state index in [0.29, 0.717) is 0 Å². The Morgan fingerprint density at radius 3 is 2.55 bits per heavy atom. The zero-order chi connectivity index (χ0) is 24.1. The number of ether oxygens (including phenoxy) is 3. The molecule has 0 saturated carbocycles. The van der Waals surface area contributed by atoms with E-state index in [0.717, 1.165) is 5.56 Å². The summed E-state index contributed by atoms with van der Waals surface area (Å²) in [5.41, 5.74) is -1.82. The van der Waals surface area contributed by atoms with Crippen molar-refractivity contribution in [3.8, 4) is 5.75 Å². The molecule has 0 fully saturated rings. The van der Waals surface area contributed by atoms with Crippen LogP contribution in [0, 0.1) is 10.1 Å². The molecule has 1 N–H and O–H groups in total. The van der Waals surface area contributed by atoms with E-state index in [9.17, 15) is 24.5 Å². The second-order valence-electron chi connectivity index (χ2n) is 8.13. The van der Waals surface area contributed by atoms with Gasteiger partial charge < -0.3 is 19.5 Å². The summed E-state index contributed by atoms with van der Waals surface area (Å²) in [5.74, 6) is -3.35. The molecule has 1 heterocycles. The number of hydrogen-bond acceptors (Lipinski definition) is 8. The van der Waals surface area contributed by atoms with Crippen molar-refractivity contribution in [3.63, 3.8) is 0 Å². The van der Waals surface area contributed by atoms with E-state index in [1.54, 1.807) is 25.1 Å². The Bertz CT molecular complexity index is 1210. The van der Waals surface area contributed by atoms with Gasteiger partial charge in [-0.1, -0.05) is 32.0 Å². The van der Waals surface area contributed by atoms with Crippen molar-refractivity contribution < 1.29 is 33.5 Å². The molecule has 10 nitrogen and oxygen atoms in total. The van der Waals surface area contributed by atoms with Crippen molar-refractivity contribution in [3.05, 3.63) is 68.8 Å². The number of hydrogen-bond donors (Lipinski definition) is 1. The van der Waals surface area contributed by atoms with E-state index in [1.807, 2.05) is 13.8 Å². The van der Waals surface area contributed by atoms with Gasteiger partial charge in [-0.05, 0) is 30.5 Å². The number of Topliss-reactive ketones (excluding diaryl/α,β-unsaturated/α-hetero) is 1. The van der Waals surface area contributed by atoms with Gasteiger partial charge in [0.2, 0.25) is 17.2 Å². The van der Waals surface area contributed by atoms with E-state index in [1.165, 1.54) is 25.1 Å². The number of fused-ring (bicyclic) bond motifs is 5.